The van der Waals surface area contributed by atoms with Crippen molar-refractivity contribution in [1.82, 2.24) is 34.1 Å². The Balaban J connectivity index is 1.54. The number of rotatable bonds is 2. The number of carbonyl (C=O) groups excluding carboxylic acids is 2. The van der Waals surface area contributed by atoms with Gasteiger partial charge < -0.3 is 19.1 Å². The maximum atomic E-state index is 12.6. The normalized spacial score (nSPS) is 21.1. The quantitative estimate of drug-likeness (QED) is 0.712. The van der Waals surface area contributed by atoms with Gasteiger partial charge >= 0.3 is 0 Å². The van der Waals surface area contributed by atoms with Crippen molar-refractivity contribution in [3.63, 3.8) is 0 Å². The second-order valence-corrected chi connectivity index (χ2v) is 7.27. The van der Waals surface area contributed by atoms with E-state index in [0.717, 1.165) is 5.82 Å². The van der Waals surface area contributed by atoms with E-state index in [4.69, 9.17) is 4.74 Å². The second-order valence-electron chi connectivity index (χ2n) is 7.27. The number of carbonyl (C=O) groups is 2. The van der Waals surface area contributed by atoms with E-state index in [9.17, 15) is 9.59 Å². The Labute approximate surface area is 156 Å². The molecule has 0 radical (unpaired) electrons. The predicted molar refractivity (Wildman–Crippen MR) is 93.6 cm³/mol. The molecule has 0 bridgehead atoms. The molecule has 1 saturated heterocycles. The molecular weight excluding hydrogens is 350 g/mol. The van der Waals surface area contributed by atoms with Crippen LogP contribution in [0.4, 0.5) is 0 Å². The highest BCUT2D eigenvalue weighted by molar-refractivity contribution is 5.90. The van der Waals surface area contributed by atoms with E-state index < -0.39 is 11.7 Å². The maximum Gasteiger partial charge on any atom is 0.293 e. The largest absolute Gasteiger partial charge is 0.352 e. The standard InChI is InChI=1S/C17H23N7O3/c1-21(2)14(25)12-10-24-9-6-18-16(24)17(27-12)4-7-23(8-5-17)15(26)13-19-11-22(3)20-13/h6,9,11-12H,4-5,7-8,10H2,1-3H3. The van der Waals surface area contributed by atoms with Gasteiger partial charge in [0.05, 0.1) is 6.54 Å². The molecule has 27 heavy (non-hydrogen) atoms. The van der Waals surface area contributed by atoms with Crippen LogP contribution in [0.2, 0.25) is 0 Å². The number of likely N-dealkylation sites (N-methyl/N-ethyl adjacent to an activating group) is 1. The van der Waals surface area contributed by atoms with Gasteiger partial charge in [0.25, 0.3) is 11.8 Å². The first-order valence-electron chi connectivity index (χ1n) is 8.95. The van der Waals surface area contributed by atoms with E-state index in [2.05, 4.69) is 15.1 Å². The molecule has 0 N–H and O–H groups in total. The van der Waals surface area contributed by atoms with E-state index in [1.807, 2.05) is 10.8 Å². The summed E-state index contributed by atoms with van der Waals surface area (Å²) in [6.07, 6.45) is 5.71. The number of nitrogens with zero attached hydrogens (tertiary/aromatic N) is 7. The summed E-state index contributed by atoms with van der Waals surface area (Å²) < 4.78 is 9.82. The van der Waals surface area contributed by atoms with E-state index in [0.29, 0.717) is 32.5 Å². The van der Waals surface area contributed by atoms with Gasteiger partial charge in [-0.1, -0.05) is 0 Å². The van der Waals surface area contributed by atoms with Gasteiger partial charge in [-0.05, 0) is 0 Å². The van der Waals surface area contributed by atoms with Crippen LogP contribution in [0, 0.1) is 0 Å². The third-order valence-electron chi connectivity index (χ3n) is 5.22. The van der Waals surface area contributed by atoms with Crippen molar-refractivity contribution in [2.24, 2.45) is 7.05 Å². The summed E-state index contributed by atoms with van der Waals surface area (Å²) in [4.78, 5) is 36.9. The summed E-state index contributed by atoms with van der Waals surface area (Å²) in [5.74, 6) is 0.768. The Hall–Kier alpha value is -2.75. The first-order valence-corrected chi connectivity index (χ1v) is 8.95. The van der Waals surface area contributed by atoms with E-state index in [1.54, 1.807) is 37.1 Å². The van der Waals surface area contributed by atoms with Crippen LogP contribution in [0.15, 0.2) is 18.7 Å². The Morgan fingerprint density at radius 1 is 1.26 bits per heavy atom. The molecule has 4 rings (SSSR count). The van der Waals surface area contributed by atoms with Crippen molar-refractivity contribution in [3.8, 4) is 0 Å². The fraction of sp³-hybridized carbons (Fsp3) is 0.588. The van der Waals surface area contributed by atoms with Crippen LogP contribution in [0.5, 0.6) is 0 Å². The molecular formula is C17H23N7O3. The lowest BCUT2D eigenvalue weighted by atomic mass is 9.88. The number of likely N-dealkylation sites (tertiary alicyclic amines) is 1. The average molecular weight is 373 g/mol. The molecule has 2 aliphatic rings. The lowest BCUT2D eigenvalue weighted by Gasteiger charge is -2.45. The van der Waals surface area contributed by atoms with E-state index in [-0.39, 0.29) is 17.6 Å². The van der Waals surface area contributed by atoms with Crippen molar-refractivity contribution < 1.29 is 14.3 Å². The first kappa shape index (κ1) is 17.7. The van der Waals surface area contributed by atoms with Crippen molar-refractivity contribution in [2.75, 3.05) is 27.2 Å². The number of amides is 2. The zero-order valence-corrected chi connectivity index (χ0v) is 15.7. The summed E-state index contributed by atoms with van der Waals surface area (Å²) in [7, 11) is 5.18. The van der Waals surface area contributed by atoms with Crippen LogP contribution in [0.3, 0.4) is 0 Å². The Bertz CT molecular complexity index is 864. The summed E-state index contributed by atoms with van der Waals surface area (Å²) in [6, 6.07) is 0. The number of ether oxygens (including phenoxy) is 1. The Kier molecular flexibility index (Phi) is 4.22. The van der Waals surface area contributed by atoms with Crippen LogP contribution in [0.1, 0.15) is 29.3 Å². The van der Waals surface area contributed by atoms with Gasteiger partial charge in [-0.25, -0.2) is 9.97 Å². The fourth-order valence-corrected chi connectivity index (χ4v) is 3.80. The number of fused-ring (bicyclic) bond motifs is 2. The first-order chi connectivity index (χ1) is 12.9. The number of hydrogen-bond acceptors (Lipinski definition) is 6. The van der Waals surface area contributed by atoms with Crippen LogP contribution < -0.4 is 0 Å². The predicted octanol–water partition coefficient (Wildman–Crippen LogP) is -0.370. The molecule has 0 aromatic carbocycles. The molecule has 0 saturated carbocycles. The Morgan fingerprint density at radius 3 is 2.63 bits per heavy atom. The molecule has 1 atom stereocenters. The van der Waals surface area contributed by atoms with E-state index >= 15 is 0 Å². The zero-order valence-electron chi connectivity index (χ0n) is 15.7. The molecule has 2 aromatic rings. The highest BCUT2D eigenvalue weighted by Gasteiger charge is 2.48. The third-order valence-corrected chi connectivity index (χ3v) is 5.22. The minimum absolute atomic E-state index is 0.0649. The summed E-state index contributed by atoms with van der Waals surface area (Å²) in [6.45, 7) is 1.44. The lowest BCUT2D eigenvalue weighted by molar-refractivity contribution is -0.178. The smallest absolute Gasteiger partial charge is 0.293 e. The van der Waals surface area contributed by atoms with Crippen LogP contribution in [0.25, 0.3) is 0 Å². The number of aromatic nitrogens is 5. The van der Waals surface area contributed by atoms with Gasteiger partial charge in [0.2, 0.25) is 5.82 Å². The minimum atomic E-state index is -0.660. The maximum absolute atomic E-state index is 12.6. The van der Waals surface area contributed by atoms with Gasteiger partial charge in [0.15, 0.2) is 6.10 Å². The highest BCUT2D eigenvalue weighted by Crippen LogP contribution is 2.40. The number of aryl methyl sites for hydroxylation is 1. The topological polar surface area (TPSA) is 98.4 Å². The molecule has 10 nitrogen and oxygen atoms in total. The number of piperidine rings is 1. The molecule has 144 valence electrons. The van der Waals surface area contributed by atoms with Gasteiger partial charge in [-0.3, -0.25) is 14.3 Å². The molecule has 2 aromatic heterocycles. The molecule has 1 fully saturated rings. The van der Waals surface area contributed by atoms with Crippen LogP contribution in [-0.4, -0.2) is 79.2 Å². The van der Waals surface area contributed by atoms with Crippen molar-refractivity contribution in [2.45, 2.75) is 31.1 Å². The van der Waals surface area contributed by atoms with Gasteiger partial charge in [0, 0.05) is 59.5 Å². The average Bonchev–Trinajstić information content (AvgIpc) is 3.30. The fourth-order valence-electron chi connectivity index (χ4n) is 3.80. The van der Waals surface area contributed by atoms with Crippen LogP contribution >= 0.6 is 0 Å². The summed E-state index contributed by atoms with van der Waals surface area (Å²) in [5, 5.41) is 4.09. The highest BCUT2D eigenvalue weighted by atomic mass is 16.5. The Morgan fingerprint density at radius 2 is 2.00 bits per heavy atom. The summed E-state index contributed by atoms with van der Waals surface area (Å²) in [5.41, 5.74) is -0.660. The molecule has 2 aliphatic heterocycles. The van der Waals surface area contributed by atoms with Gasteiger partial charge in [-0.15, -0.1) is 5.10 Å². The van der Waals surface area contributed by atoms with Gasteiger partial charge in [0.1, 0.15) is 17.8 Å². The van der Waals surface area contributed by atoms with E-state index in [1.165, 1.54) is 11.0 Å². The lowest BCUT2D eigenvalue weighted by Crippen LogP contribution is -2.54. The zero-order chi connectivity index (χ0) is 19.2. The summed E-state index contributed by atoms with van der Waals surface area (Å²) >= 11 is 0. The van der Waals surface area contributed by atoms with Crippen molar-refractivity contribution >= 4 is 11.8 Å². The second kappa shape index (κ2) is 6.45. The third kappa shape index (κ3) is 2.99. The SMILES string of the molecule is CN(C)C(=O)C1Cn2ccnc2C2(CCN(C(=O)c3ncn(C)n3)CC2)O1. The monoisotopic (exact) mass is 373 g/mol. The molecule has 0 aliphatic carbocycles. The minimum Gasteiger partial charge on any atom is -0.352 e. The molecule has 4 heterocycles. The molecule has 2 amide bonds. The van der Waals surface area contributed by atoms with Gasteiger partial charge in [-0.2, -0.15) is 0 Å². The number of hydrogen-bond donors (Lipinski definition) is 0. The van der Waals surface area contributed by atoms with Crippen LogP contribution in [-0.2, 0) is 28.7 Å². The van der Waals surface area contributed by atoms with Crippen molar-refractivity contribution in [3.05, 3.63) is 30.4 Å². The molecule has 10 heteroatoms. The molecule has 1 spiro atoms. The molecule has 1 unspecified atom stereocenters. The van der Waals surface area contributed by atoms with Crippen molar-refractivity contribution in [1.29, 1.82) is 0 Å². The number of imidazole rings is 1.